The molecule has 0 spiro atoms. The topological polar surface area (TPSA) is 30.7 Å². The predicted octanol–water partition coefficient (Wildman–Crippen LogP) is 3.49. The molecule has 0 atom stereocenters. The summed E-state index contributed by atoms with van der Waals surface area (Å²) in [7, 11) is 0. The molecule has 92 valence electrons. The first kappa shape index (κ1) is 12.6. The van der Waals surface area contributed by atoms with Gasteiger partial charge < -0.3 is 4.57 Å². The van der Waals surface area contributed by atoms with Gasteiger partial charge in [0, 0.05) is 10.7 Å². The van der Waals surface area contributed by atoms with Crippen LogP contribution in [0.2, 0.25) is 0 Å². The van der Waals surface area contributed by atoms with Gasteiger partial charge in [0.05, 0.1) is 5.88 Å². The molecule has 0 aromatic carbocycles. The maximum Gasteiger partial charge on any atom is 0.406 e. The fraction of sp³-hybridized carbons (Fsp3) is 0.333. The summed E-state index contributed by atoms with van der Waals surface area (Å²) in [5.41, 5.74) is 0.570. The zero-order valence-electron chi connectivity index (χ0n) is 8.30. The number of aromatic nitrogens is 3. The van der Waals surface area contributed by atoms with E-state index < -0.39 is 12.7 Å². The minimum absolute atomic E-state index is 0.0932. The molecule has 2 aromatic rings. The van der Waals surface area contributed by atoms with E-state index in [2.05, 4.69) is 25.9 Å². The third-order valence-corrected chi connectivity index (χ3v) is 2.76. The van der Waals surface area contributed by atoms with Crippen molar-refractivity contribution in [1.29, 1.82) is 0 Å². The van der Waals surface area contributed by atoms with Crippen LogP contribution in [0.3, 0.4) is 0 Å². The van der Waals surface area contributed by atoms with E-state index in [-0.39, 0.29) is 17.4 Å². The highest BCUT2D eigenvalue weighted by Crippen LogP contribution is 2.24. The first-order chi connectivity index (χ1) is 7.90. The largest absolute Gasteiger partial charge is 0.406 e. The fourth-order valence-corrected chi connectivity index (χ4v) is 2.00. The van der Waals surface area contributed by atoms with Crippen LogP contribution in [0, 0.1) is 0 Å². The molecule has 0 fully saturated rings. The summed E-state index contributed by atoms with van der Waals surface area (Å²) in [6.45, 7) is -1.14. The third kappa shape index (κ3) is 2.71. The van der Waals surface area contributed by atoms with Crippen molar-refractivity contribution in [2.24, 2.45) is 0 Å². The summed E-state index contributed by atoms with van der Waals surface area (Å²) < 4.78 is 38.9. The van der Waals surface area contributed by atoms with Crippen LogP contribution in [0.25, 0.3) is 11.2 Å². The number of nitrogens with zero attached hydrogens (tertiary/aromatic N) is 3. The number of imidazole rings is 1. The van der Waals surface area contributed by atoms with Crippen molar-refractivity contribution in [1.82, 2.24) is 14.5 Å². The predicted molar refractivity (Wildman–Crippen MR) is 60.8 cm³/mol. The Hall–Kier alpha value is -0.820. The van der Waals surface area contributed by atoms with E-state index in [1.165, 1.54) is 6.20 Å². The third-order valence-electron chi connectivity index (χ3n) is 2.09. The smallest absolute Gasteiger partial charge is 0.302 e. The quantitative estimate of drug-likeness (QED) is 0.790. The van der Waals surface area contributed by atoms with Crippen LogP contribution in [0.4, 0.5) is 13.2 Å². The Bertz CT molecular complexity index is 552. The van der Waals surface area contributed by atoms with E-state index in [1.54, 1.807) is 6.07 Å². The maximum atomic E-state index is 12.4. The van der Waals surface area contributed by atoms with Gasteiger partial charge in [-0.1, -0.05) is 0 Å². The first-order valence-corrected chi connectivity index (χ1v) is 5.87. The van der Waals surface area contributed by atoms with Gasteiger partial charge in [-0.15, -0.1) is 11.6 Å². The van der Waals surface area contributed by atoms with Gasteiger partial charge in [0.2, 0.25) is 0 Å². The Balaban J connectivity index is 2.58. The molecule has 0 aliphatic heterocycles. The van der Waals surface area contributed by atoms with Crippen LogP contribution < -0.4 is 0 Å². The van der Waals surface area contributed by atoms with Gasteiger partial charge in [0.1, 0.15) is 17.9 Å². The average molecular weight is 329 g/mol. The number of rotatable bonds is 2. The Morgan fingerprint density at radius 3 is 2.71 bits per heavy atom. The molecule has 0 aliphatic rings. The minimum Gasteiger partial charge on any atom is -0.302 e. The lowest BCUT2D eigenvalue weighted by Crippen LogP contribution is -2.19. The van der Waals surface area contributed by atoms with Crippen molar-refractivity contribution < 1.29 is 13.2 Å². The molecule has 0 saturated heterocycles. The lowest BCUT2D eigenvalue weighted by atomic mass is 10.4. The van der Waals surface area contributed by atoms with E-state index in [1.807, 2.05) is 0 Å². The normalized spacial score (nSPS) is 12.3. The molecule has 3 nitrogen and oxygen atoms in total. The molecule has 0 saturated carbocycles. The lowest BCUT2D eigenvalue weighted by molar-refractivity contribution is -0.140. The van der Waals surface area contributed by atoms with Gasteiger partial charge >= 0.3 is 6.18 Å². The summed E-state index contributed by atoms with van der Waals surface area (Å²) in [6.07, 6.45) is -2.90. The van der Waals surface area contributed by atoms with Crippen LogP contribution in [0.5, 0.6) is 0 Å². The van der Waals surface area contributed by atoms with Crippen molar-refractivity contribution in [2.45, 2.75) is 18.6 Å². The summed E-state index contributed by atoms with van der Waals surface area (Å²) in [5, 5.41) is 0. The first-order valence-electron chi connectivity index (χ1n) is 4.54. The molecular formula is C9H6BrClF3N3. The molecular weight excluding hydrogens is 322 g/mol. The Kier molecular flexibility index (Phi) is 3.31. The maximum absolute atomic E-state index is 12.4. The number of hydrogen-bond donors (Lipinski definition) is 0. The number of pyridine rings is 1. The van der Waals surface area contributed by atoms with Crippen LogP contribution in [0.15, 0.2) is 16.7 Å². The Morgan fingerprint density at radius 1 is 1.41 bits per heavy atom. The van der Waals surface area contributed by atoms with Crippen LogP contribution in [0.1, 0.15) is 5.82 Å². The van der Waals surface area contributed by atoms with Gasteiger partial charge in [-0.2, -0.15) is 13.2 Å². The van der Waals surface area contributed by atoms with Gasteiger partial charge in [-0.05, 0) is 22.0 Å². The van der Waals surface area contributed by atoms with Gasteiger partial charge in [0.15, 0.2) is 5.65 Å². The molecule has 17 heavy (non-hydrogen) atoms. The van der Waals surface area contributed by atoms with Crippen LogP contribution >= 0.6 is 27.5 Å². The molecule has 0 unspecified atom stereocenters. The standard InChI is InChI=1S/C9H6BrClF3N3/c10-5-1-6-8(15-3-5)17(4-9(12,13)14)7(2-11)16-6/h1,3H,2,4H2. The summed E-state index contributed by atoms with van der Waals surface area (Å²) in [5.74, 6) is 0.0638. The summed E-state index contributed by atoms with van der Waals surface area (Å²) >= 11 is 8.76. The second kappa shape index (κ2) is 4.45. The van der Waals surface area contributed by atoms with Crippen molar-refractivity contribution in [3.63, 3.8) is 0 Å². The van der Waals surface area contributed by atoms with E-state index in [0.717, 1.165) is 4.57 Å². The molecule has 2 aromatic heterocycles. The zero-order valence-corrected chi connectivity index (χ0v) is 10.6. The Labute approximate surface area is 108 Å². The second-order valence-electron chi connectivity index (χ2n) is 3.36. The van der Waals surface area contributed by atoms with Gasteiger partial charge in [-0.3, -0.25) is 0 Å². The van der Waals surface area contributed by atoms with Crippen molar-refractivity contribution in [3.8, 4) is 0 Å². The van der Waals surface area contributed by atoms with Gasteiger partial charge in [-0.25, -0.2) is 9.97 Å². The molecule has 8 heteroatoms. The molecule has 2 heterocycles. The second-order valence-corrected chi connectivity index (χ2v) is 4.54. The molecule has 0 bridgehead atoms. The molecule has 0 N–H and O–H groups in total. The minimum atomic E-state index is -4.33. The highest BCUT2D eigenvalue weighted by molar-refractivity contribution is 9.10. The molecule has 0 radical (unpaired) electrons. The van der Waals surface area contributed by atoms with Crippen LogP contribution in [-0.4, -0.2) is 20.7 Å². The fourth-order valence-electron chi connectivity index (χ4n) is 1.48. The molecule has 0 amide bonds. The van der Waals surface area contributed by atoms with E-state index in [9.17, 15) is 13.2 Å². The summed E-state index contributed by atoms with van der Waals surface area (Å²) in [6, 6.07) is 1.60. The monoisotopic (exact) mass is 327 g/mol. The molecule has 0 aliphatic carbocycles. The zero-order chi connectivity index (χ0) is 12.6. The summed E-state index contributed by atoms with van der Waals surface area (Å²) in [4.78, 5) is 7.94. The number of alkyl halides is 4. The van der Waals surface area contributed by atoms with Crippen molar-refractivity contribution >= 4 is 38.7 Å². The highest BCUT2D eigenvalue weighted by atomic mass is 79.9. The Morgan fingerprint density at radius 2 is 2.12 bits per heavy atom. The number of halogens is 5. The number of hydrogen-bond acceptors (Lipinski definition) is 2. The van der Waals surface area contributed by atoms with E-state index in [0.29, 0.717) is 9.99 Å². The lowest BCUT2D eigenvalue weighted by Gasteiger charge is -2.09. The van der Waals surface area contributed by atoms with E-state index in [4.69, 9.17) is 11.6 Å². The number of fused-ring (bicyclic) bond motifs is 1. The highest BCUT2D eigenvalue weighted by Gasteiger charge is 2.30. The van der Waals surface area contributed by atoms with Gasteiger partial charge in [0.25, 0.3) is 0 Å². The van der Waals surface area contributed by atoms with Crippen LogP contribution in [-0.2, 0) is 12.4 Å². The SMILES string of the molecule is FC(F)(F)Cn1c(CCl)nc2cc(Br)cnc21. The van der Waals surface area contributed by atoms with Crippen molar-refractivity contribution in [3.05, 3.63) is 22.6 Å². The molecule has 2 rings (SSSR count). The average Bonchev–Trinajstić information content (AvgIpc) is 2.53. The van der Waals surface area contributed by atoms with E-state index >= 15 is 0 Å². The van der Waals surface area contributed by atoms with Crippen molar-refractivity contribution in [2.75, 3.05) is 0 Å².